The summed E-state index contributed by atoms with van der Waals surface area (Å²) in [5.41, 5.74) is 2.54. The summed E-state index contributed by atoms with van der Waals surface area (Å²) in [5.74, 6) is -1.04. The third kappa shape index (κ3) is 3.57. The molecule has 6 nitrogen and oxygen atoms in total. The van der Waals surface area contributed by atoms with Gasteiger partial charge in [-0.2, -0.15) is 0 Å². The zero-order valence-electron chi connectivity index (χ0n) is 15.3. The van der Waals surface area contributed by atoms with Crippen LogP contribution < -0.4 is 11.2 Å². The molecule has 0 aliphatic rings. The van der Waals surface area contributed by atoms with Crippen LogP contribution in [-0.4, -0.2) is 20.2 Å². The minimum atomic E-state index is -1.12. The van der Waals surface area contributed by atoms with E-state index in [9.17, 15) is 19.5 Å². The summed E-state index contributed by atoms with van der Waals surface area (Å²) in [7, 11) is 0. The molecule has 1 heterocycles. The Balaban J connectivity index is 2.92. The molecule has 0 radical (unpaired) electrons. The van der Waals surface area contributed by atoms with Crippen molar-refractivity contribution in [2.45, 2.75) is 47.7 Å². The van der Waals surface area contributed by atoms with Crippen molar-refractivity contribution in [3.63, 3.8) is 0 Å². The van der Waals surface area contributed by atoms with Crippen LogP contribution in [0.3, 0.4) is 0 Å². The molecule has 1 aromatic carbocycles. The predicted octanol–water partition coefficient (Wildman–Crippen LogP) is 2.34. The van der Waals surface area contributed by atoms with Crippen molar-refractivity contribution >= 4 is 5.97 Å². The molecule has 1 aromatic heterocycles. The van der Waals surface area contributed by atoms with Gasteiger partial charge >= 0.3 is 11.7 Å². The zero-order chi connectivity index (χ0) is 18.9. The smallest absolute Gasteiger partial charge is 0.331 e. The second-order valence-corrected chi connectivity index (χ2v) is 6.78. The molecule has 134 valence electrons. The summed E-state index contributed by atoms with van der Waals surface area (Å²) in [4.78, 5) is 36.9. The number of carboxylic acid groups (broad SMARTS) is 1. The first-order valence-electron chi connectivity index (χ1n) is 8.27. The van der Waals surface area contributed by atoms with E-state index in [0.717, 1.165) is 21.3 Å². The molecule has 0 saturated heterocycles. The molecule has 2 aromatic rings. The van der Waals surface area contributed by atoms with Gasteiger partial charge in [0.25, 0.3) is 5.56 Å². The first kappa shape index (κ1) is 18.7. The lowest BCUT2D eigenvalue weighted by molar-refractivity contribution is -0.137. The molecule has 0 spiro atoms. The van der Waals surface area contributed by atoms with E-state index in [4.69, 9.17) is 0 Å². The standard InChI is InChI=1S/C19H24N2O4/c1-11(2)9-21-18(24)17(15-8-6-7-12(3)13(15)4)14(5)20(19(21)25)10-16(22)23/h6-8,11H,9-10H2,1-5H3,(H,22,23). The summed E-state index contributed by atoms with van der Waals surface area (Å²) < 4.78 is 2.32. The lowest BCUT2D eigenvalue weighted by atomic mass is 9.96. The van der Waals surface area contributed by atoms with Gasteiger partial charge in [0.15, 0.2) is 0 Å². The Morgan fingerprint density at radius 1 is 1.12 bits per heavy atom. The molecular weight excluding hydrogens is 320 g/mol. The minimum Gasteiger partial charge on any atom is -0.480 e. The van der Waals surface area contributed by atoms with Crippen molar-refractivity contribution in [2.75, 3.05) is 0 Å². The van der Waals surface area contributed by atoms with Crippen LogP contribution in [0, 0.1) is 26.7 Å². The molecule has 25 heavy (non-hydrogen) atoms. The normalized spacial score (nSPS) is 11.1. The molecule has 0 unspecified atom stereocenters. The molecule has 2 rings (SSSR count). The van der Waals surface area contributed by atoms with Crippen LogP contribution >= 0.6 is 0 Å². The first-order valence-corrected chi connectivity index (χ1v) is 8.27. The van der Waals surface area contributed by atoms with Gasteiger partial charge in [-0.1, -0.05) is 32.0 Å². The van der Waals surface area contributed by atoms with Gasteiger partial charge in [0, 0.05) is 12.2 Å². The molecule has 0 atom stereocenters. The second-order valence-electron chi connectivity index (χ2n) is 6.78. The molecule has 0 aliphatic carbocycles. The maximum atomic E-state index is 13.1. The summed E-state index contributed by atoms with van der Waals surface area (Å²) in [6.07, 6.45) is 0. The minimum absolute atomic E-state index is 0.0813. The van der Waals surface area contributed by atoms with E-state index in [1.54, 1.807) is 6.92 Å². The highest BCUT2D eigenvalue weighted by Gasteiger charge is 2.21. The Labute approximate surface area is 146 Å². The molecule has 0 aliphatic heterocycles. The van der Waals surface area contributed by atoms with E-state index >= 15 is 0 Å². The lowest BCUT2D eigenvalue weighted by Gasteiger charge is -2.18. The summed E-state index contributed by atoms with van der Waals surface area (Å²) in [6.45, 7) is 9.09. The molecule has 0 fully saturated rings. The summed E-state index contributed by atoms with van der Waals surface area (Å²) in [6, 6.07) is 5.64. The molecule has 1 N–H and O–H groups in total. The van der Waals surface area contributed by atoms with E-state index in [1.807, 2.05) is 45.9 Å². The van der Waals surface area contributed by atoms with Gasteiger partial charge in [0.1, 0.15) is 6.54 Å². The van der Waals surface area contributed by atoms with Crippen LogP contribution in [-0.2, 0) is 17.9 Å². The molecular formula is C19H24N2O4. The number of benzene rings is 1. The van der Waals surface area contributed by atoms with Crippen molar-refractivity contribution in [1.82, 2.24) is 9.13 Å². The lowest BCUT2D eigenvalue weighted by Crippen LogP contribution is -2.44. The fourth-order valence-corrected chi connectivity index (χ4v) is 2.98. The third-order valence-corrected chi connectivity index (χ3v) is 4.40. The SMILES string of the molecule is Cc1cccc(-c2c(C)n(CC(=O)O)c(=O)n(CC(C)C)c2=O)c1C. The Bertz CT molecular complexity index is 936. The first-order chi connectivity index (χ1) is 11.6. The van der Waals surface area contributed by atoms with Gasteiger partial charge in [-0.05, 0) is 43.4 Å². The second kappa shape index (κ2) is 7.09. The van der Waals surface area contributed by atoms with Crippen LogP contribution in [0.25, 0.3) is 11.1 Å². The molecule has 0 amide bonds. The number of aryl methyl sites for hydroxylation is 1. The van der Waals surface area contributed by atoms with E-state index in [2.05, 4.69) is 0 Å². The van der Waals surface area contributed by atoms with E-state index in [0.29, 0.717) is 11.3 Å². The van der Waals surface area contributed by atoms with Gasteiger partial charge < -0.3 is 5.11 Å². The maximum absolute atomic E-state index is 13.1. The van der Waals surface area contributed by atoms with Crippen LogP contribution in [0.4, 0.5) is 0 Å². The van der Waals surface area contributed by atoms with Gasteiger partial charge in [0.2, 0.25) is 0 Å². The van der Waals surface area contributed by atoms with Gasteiger partial charge in [-0.15, -0.1) is 0 Å². The zero-order valence-corrected chi connectivity index (χ0v) is 15.3. The summed E-state index contributed by atoms with van der Waals surface area (Å²) in [5, 5.41) is 9.17. The molecule has 6 heteroatoms. The third-order valence-electron chi connectivity index (χ3n) is 4.40. The number of carbonyl (C=O) groups is 1. The van der Waals surface area contributed by atoms with Crippen molar-refractivity contribution in [1.29, 1.82) is 0 Å². The van der Waals surface area contributed by atoms with E-state index < -0.39 is 18.2 Å². The van der Waals surface area contributed by atoms with Gasteiger partial charge in [0.05, 0.1) is 5.56 Å². The fourth-order valence-electron chi connectivity index (χ4n) is 2.98. The monoisotopic (exact) mass is 344 g/mol. The number of nitrogens with zero attached hydrogens (tertiary/aromatic N) is 2. The topological polar surface area (TPSA) is 81.3 Å². The Morgan fingerprint density at radius 2 is 1.76 bits per heavy atom. The molecule has 0 saturated carbocycles. The Kier molecular flexibility index (Phi) is 5.30. The fraction of sp³-hybridized carbons (Fsp3) is 0.421. The highest BCUT2D eigenvalue weighted by atomic mass is 16.4. The van der Waals surface area contributed by atoms with E-state index in [1.165, 1.54) is 4.57 Å². The largest absolute Gasteiger partial charge is 0.480 e. The van der Waals surface area contributed by atoms with Crippen molar-refractivity contribution < 1.29 is 9.90 Å². The quantitative estimate of drug-likeness (QED) is 0.903. The van der Waals surface area contributed by atoms with E-state index in [-0.39, 0.29) is 18.0 Å². The van der Waals surface area contributed by atoms with Crippen molar-refractivity contribution in [2.24, 2.45) is 5.92 Å². The number of hydrogen-bond donors (Lipinski definition) is 1. The van der Waals surface area contributed by atoms with Gasteiger partial charge in [-0.25, -0.2) is 4.79 Å². The molecule has 0 bridgehead atoms. The maximum Gasteiger partial charge on any atom is 0.331 e. The van der Waals surface area contributed by atoms with Crippen LogP contribution in [0.5, 0.6) is 0 Å². The Morgan fingerprint density at radius 3 is 2.32 bits per heavy atom. The number of hydrogen-bond acceptors (Lipinski definition) is 3. The van der Waals surface area contributed by atoms with Crippen LogP contribution in [0.2, 0.25) is 0 Å². The number of rotatable bonds is 5. The van der Waals surface area contributed by atoms with Gasteiger partial charge in [-0.3, -0.25) is 18.7 Å². The number of carboxylic acids is 1. The average molecular weight is 344 g/mol. The van der Waals surface area contributed by atoms with Crippen molar-refractivity contribution in [3.05, 3.63) is 55.9 Å². The highest BCUT2D eigenvalue weighted by molar-refractivity contribution is 5.71. The highest BCUT2D eigenvalue weighted by Crippen LogP contribution is 2.25. The predicted molar refractivity (Wildman–Crippen MR) is 97.1 cm³/mol. The van der Waals surface area contributed by atoms with Crippen LogP contribution in [0.15, 0.2) is 27.8 Å². The van der Waals surface area contributed by atoms with Crippen molar-refractivity contribution in [3.8, 4) is 11.1 Å². The number of aromatic nitrogens is 2. The Hall–Kier alpha value is -2.63. The summed E-state index contributed by atoms with van der Waals surface area (Å²) >= 11 is 0. The number of aliphatic carboxylic acids is 1. The van der Waals surface area contributed by atoms with Crippen LogP contribution in [0.1, 0.15) is 30.7 Å². The average Bonchev–Trinajstić information content (AvgIpc) is 2.52.